The van der Waals surface area contributed by atoms with Gasteiger partial charge in [-0.1, -0.05) is 13.8 Å². The molecule has 1 aromatic rings. The molecule has 0 saturated heterocycles. The van der Waals surface area contributed by atoms with E-state index in [1.807, 2.05) is 13.8 Å². The molecular formula is C14H21N3O3. The number of amides is 1. The molecule has 20 heavy (non-hydrogen) atoms. The summed E-state index contributed by atoms with van der Waals surface area (Å²) < 4.78 is 0. The minimum atomic E-state index is -1.05. The first-order valence-corrected chi connectivity index (χ1v) is 6.42. The van der Waals surface area contributed by atoms with Crippen LogP contribution in [0, 0.1) is 5.92 Å². The van der Waals surface area contributed by atoms with Gasteiger partial charge in [0.05, 0.1) is 17.8 Å². The molecule has 1 amide bonds. The van der Waals surface area contributed by atoms with E-state index in [2.05, 4.69) is 5.32 Å². The number of nitrogen functional groups attached to an aromatic ring is 1. The van der Waals surface area contributed by atoms with Crippen molar-refractivity contribution in [3.63, 3.8) is 0 Å². The molecule has 0 bridgehead atoms. The number of nitrogens with one attached hydrogen (secondary N) is 1. The molecule has 110 valence electrons. The topological polar surface area (TPSA) is 95.7 Å². The lowest BCUT2D eigenvalue weighted by atomic mass is 10.1. The maximum atomic E-state index is 11.8. The Morgan fingerprint density at radius 3 is 2.60 bits per heavy atom. The van der Waals surface area contributed by atoms with Gasteiger partial charge in [-0.25, -0.2) is 4.79 Å². The van der Waals surface area contributed by atoms with E-state index in [0.717, 1.165) is 0 Å². The van der Waals surface area contributed by atoms with Crippen molar-refractivity contribution in [2.75, 3.05) is 30.8 Å². The summed E-state index contributed by atoms with van der Waals surface area (Å²) in [5.74, 6) is -0.833. The molecule has 6 nitrogen and oxygen atoms in total. The van der Waals surface area contributed by atoms with Crippen LogP contribution in [0.4, 0.5) is 11.4 Å². The van der Waals surface area contributed by atoms with E-state index in [1.165, 1.54) is 12.1 Å². The zero-order chi connectivity index (χ0) is 15.3. The van der Waals surface area contributed by atoms with Gasteiger partial charge in [-0.15, -0.1) is 0 Å². The molecule has 0 unspecified atom stereocenters. The van der Waals surface area contributed by atoms with E-state index < -0.39 is 5.97 Å². The Balaban J connectivity index is 2.81. The summed E-state index contributed by atoms with van der Waals surface area (Å²) in [5.41, 5.74) is 6.68. The minimum absolute atomic E-state index is 0.0798. The molecule has 0 fully saturated rings. The third-order valence-corrected chi connectivity index (χ3v) is 2.75. The Morgan fingerprint density at radius 2 is 2.05 bits per heavy atom. The number of rotatable bonds is 6. The highest BCUT2D eigenvalue weighted by Gasteiger charge is 2.16. The van der Waals surface area contributed by atoms with Crippen LogP contribution in [0.5, 0.6) is 0 Å². The van der Waals surface area contributed by atoms with Crippen LogP contribution in [0.1, 0.15) is 24.2 Å². The molecule has 6 heteroatoms. The highest BCUT2D eigenvalue weighted by molar-refractivity contribution is 5.96. The summed E-state index contributed by atoms with van der Waals surface area (Å²) in [6, 6.07) is 4.52. The summed E-state index contributed by atoms with van der Waals surface area (Å²) in [5, 5.41) is 11.9. The van der Waals surface area contributed by atoms with Crippen molar-refractivity contribution in [3.8, 4) is 0 Å². The number of nitrogens with zero attached hydrogens (tertiary/aromatic N) is 1. The molecule has 1 rings (SSSR count). The minimum Gasteiger partial charge on any atom is -0.478 e. The van der Waals surface area contributed by atoms with Crippen LogP contribution in [-0.2, 0) is 4.79 Å². The van der Waals surface area contributed by atoms with Crippen molar-refractivity contribution in [3.05, 3.63) is 23.8 Å². The number of carboxylic acids is 1. The molecule has 0 spiro atoms. The van der Waals surface area contributed by atoms with Gasteiger partial charge in [-0.3, -0.25) is 4.79 Å². The first kappa shape index (κ1) is 15.8. The van der Waals surface area contributed by atoms with Crippen LogP contribution in [-0.4, -0.2) is 37.1 Å². The number of hydrogen-bond acceptors (Lipinski definition) is 4. The molecule has 0 aliphatic heterocycles. The number of anilines is 2. The monoisotopic (exact) mass is 279 g/mol. The number of likely N-dealkylation sites (N-methyl/N-ethyl adjacent to an activating group) is 1. The maximum absolute atomic E-state index is 11.8. The van der Waals surface area contributed by atoms with Gasteiger partial charge in [0.15, 0.2) is 0 Å². The summed E-state index contributed by atoms with van der Waals surface area (Å²) >= 11 is 0. The lowest BCUT2D eigenvalue weighted by Gasteiger charge is -2.21. The third kappa shape index (κ3) is 4.46. The molecule has 0 atom stereocenters. The van der Waals surface area contributed by atoms with E-state index in [9.17, 15) is 9.59 Å². The number of carbonyl (C=O) groups excluding carboxylic acids is 1. The van der Waals surface area contributed by atoms with Crippen molar-refractivity contribution in [2.24, 2.45) is 5.92 Å². The summed E-state index contributed by atoms with van der Waals surface area (Å²) in [6.07, 6.45) is 0. The Labute approximate surface area is 118 Å². The fraction of sp³-hybridized carbons (Fsp3) is 0.429. The molecule has 1 aromatic carbocycles. The smallest absolute Gasteiger partial charge is 0.337 e. The molecule has 0 radical (unpaired) electrons. The number of carboxylic acid groups (broad SMARTS) is 1. The first-order valence-electron chi connectivity index (χ1n) is 6.42. The van der Waals surface area contributed by atoms with Crippen LogP contribution in [0.15, 0.2) is 18.2 Å². The van der Waals surface area contributed by atoms with Gasteiger partial charge in [-0.05, 0) is 24.1 Å². The molecular weight excluding hydrogens is 258 g/mol. The Bertz CT molecular complexity index is 500. The Morgan fingerprint density at radius 1 is 1.40 bits per heavy atom. The van der Waals surface area contributed by atoms with Crippen molar-refractivity contribution < 1.29 is 14.7 Å². The highest BCUT2D eigenvalue weighted by atomic mass is 16.4. The van der Waals surface area contributed by atoms with Gasteiger partial charge in [-0.2, -0.15) is 0 Å². The first-order chi connectivity index (χ1) is 9.31. The van der Waals surface area contributed by atoms with E-state index in [4.69, 9.17) is 10.8 Å². The second kappa shape index (κ2) is 6.79. The normalized spacial score (nSPS) is 10.4. The fourth-order valence-corrected chi connectivity index (χ4v) is 1.72. The molecule has 0 saturated carbocycles. The maximum Gasteiger partial charge on any atom is 0.337 e. The summed E-state index contributed by atoms with van der Waals surface area (Å²) in [7, 11) is 1.66. The third-order valence-electron chi connectivity index (χ3n) is 2.75. The predicted molar refractivity (Wildman–Crippen MR) is 78.9 cm³/mol. The lowest BCUT2D eigenvalue weighted by molar-refractivity contribution is -0.119. The van der Waals surface area contributed by atoms with Crippen LogP contribution >= 0.6 is 0 Å². The van der Waals surface area contributed by atoms with Crippen molar-refractivity contribution in [1.29, 1.82) is 0 Å². The largest absolute Gasteiger partial charge is 0.478 e. The van der Waals surface area contributed by atoms with Crippen molar-refractivity contribution in [2.45, 2.75) is 13.8 Å². The molecule has 0 aliphatic rings. The number of hydrogen-bond donors (Lipinski definition) is 3. The zero-order valence-electron chi connectivity index (χ0n) is 12.0. The Hall–Kier alpha value is -2.24. The van der Waals surface area contributed by atoms with Gasteiger partial charge in [0.25, 0.3) is 0 Å². The SMILES string of the molecule is CC(C)CNC(=O)CN(C)c1cc(N)ccc1C(=O)O. The quantitative estimate of drug-likeness (QED) is 0.679. The predicted octanol–water partition coefficient (Wildman–Crippen LogP) is 1.18. The second-order valence-corrected chi connectivity index (χ2v) is 5.14. The fourth-order valence-electron chi connectivity index (χ4n) is 1.72. The van der Waals surface area contributed by atoms with Gasteiger partial charge >= 0.3 is 5.97 Å². The van der Waals surface area contributed by atoms with Crippen LogP contribution in [0.3, 0.4) is 0 Å². The number of aromatic carboxylic acids is 1. The van der Waals surface area contributed by atoms with E-state index in [1.54, 1.807) is 18.0 Å². The standard InChI is InChI=1S/C14H21N3O3/c1-9(2)7-16-13(18)8-17(3)12-6-10(15)4-5-11(12)14(19)20/h4-6,9H,7-8,15H2,1-3H3,(H,16,18)(H,19,20). The van der Waals surface area contributed by atoms with Gasteiger partial charge in [0.1, 0.15) is 0 Å². The summed E-state index contributed by atoms with van der Waals surface area (Å²) in [6.45, 7) is 4.68. The van der Waals surface area contributed by atoms with Crippen molar-refractivity contribution in [1.82, 2.24) is 5.32 Å². The molecule has 0 heterocycles. The van der Waals surface area contributed by atoms with Crippen LogP contribution in [0.25, 0.3) is 0 Å². The van der Waals surface area contributed by atoms with E-state index >= 15 is 0 Å². The van der Waals surface area contributed by atoms with E-state index in [0.29, 0.717) is 23.8 Å². The number of nitrogens with two attached hydrogens (primary N) is 1. The number of benzene rings is 1. The average molecular weight is 279 g/mol. The molecule has 4 N–H and O–H groups in total. The Kier molecular flexibility index (Phi) is 5.37. The highest BCUT2D eigenvalue weighted by Crippen LogP contribution is 2.22. The van der Waals surface area contributed by atoms with E-state index in [-0.39, 0.29) is 18.0 Å². The number of carbonyl (C=O) groups is 2. The van der Waals surface area contributed by atoms with Crippen molar-refractivity contribution >= 4 is 23.3 Å². The van der Waals surface area contributed by atoms with Gasteiger partial charge in [0, 0.05) is 19.3 Å². The lowest BCUT2D eigenvalue weighted by Crippen LogP contribution is -2.37. The zero-order valence-corrected chi connectivity index (χ0v) is 12.0. The second-order valence-electron chi connectivity index (χ2n) is 5.14. The molecule has 0 aromatic heterocycles. The van der Waals surface area contributed by atoms with Gasteiger partial charge < -0.3 is 21.1 Å². The van der Waals surface area contributed by atoms with Crippen LogP contribution < -0.4 is 16.0 Å². The summed E-state index contributed by atoms with van der Waals surface area (Å²) in [4.78, 5) is 24.5. The molecule has 0 aliphatic carbocycles. The van der Waals surface area contributed by atoms with Crippen LogP contribution in [0.2, 0.25) is 0 Å². The van der Waals surface area contributed by atoms with Gasteiger partial charge in [0.2, 0.25) is 5.91 Å². The average Bonchev–Trinajstić information content (AvgIpc) is 2.35.